The summed E-state index contributed by atoms with van der Waals surface area (Å²) in [7, 11) is -4.21. The Morgan fingerprint density at radius 3 is 2.55 bits per heavy atom. The van der Waals surface area contributed by atoms with Crippen molar-refractivity contribution in [2.45, 2.75) is 25.8 Å². The highest BCUT2D eigenvalue weighted by molar-refractivity contribution is 7.92. The molecule has 1 aliphatic rings. The molecule has 1 aliphatic heterocycles. The first-order valence-corrected chi connectivity index (χ1v) is 16.5. The lowest BCUT2D eigenvalue weighted by molar-refractivity contribution is 0.132. The van der Waals surface area contributed by atoms with Crippen LogP contribution in [0, 0.1) is 18.6 Å². The Labute approximate surface area is 269 Å². The largest absolute Gasteiger partial charge is 0.465 e. The number of hydrogen-bond donors (Lipinski definition) is 2. The zero-order valence-electron chi connectivity index (χ0n) is 25.4. The number of carboxylic acid groups (broad SMARTS) is 1. The lowest BCUT2D eigenvalue weighted by Gasteiger charge is -2.31. The second-order valence-electron chi connectivity index (χ2n) is 11.1. The number of halogens is 2. The number of nitrogens with one attached hydrogen (secondary N) is 1. The Kier molecular flexibility index (Phi) is 8.60. The van der Waals surface area contributed by atoms with E-state index in [0.717, 1.165) is 24.8 Å². The van der Waals surface area contributed by atoms with Crippen LogP contribution in [0.2, 0.25) is 0 Å². The molecule has 6 rings (SSSR count). The van der Waals surface area contributed by atoms with Gasteiger partial charge in [0.2, 0.25) is 21.9 Å². The van der Waals surface area contributed by atoms with Crippen molar-refractivity contribution in [2.24, 2.45) is 0 Å². The van der Waals surface area contributed by atoms with E-state index in [1.807, 2.05) is 0 Å². The van der Waals surface area contributed by atoms with Crippen LogP contribution in [0.4, 0.5) is 30.9 Å². The Bertz CT molecular complexity index is 2100. The van der Waals surface area contributed by atoms with Crippen LogP contribution in [-0.4, -0.2) is 64.9 Å². The van der Waals surface area contributed by atoms with E-state index < -0.39 is 27.8 Å². The molecular weight excluding hydrogens is 630 g/mol. The summed E-state index contributed by atoms with van der Waals surface area (Å²) in [5.74, 6) is -0.941. The number of benzene rings is 3. The number of para-hydroxylation sites is 1. The molecule has 3 heterocycles. The van der Waals surface area contributed by atoms with E-state index in [9.17, 15) is 22.7 Å². The second kappa shape index (κ2) is 12.8. The lowest BCUT2D eigenvalue weighted by atomic mass is 10.0. The molecule has 0 radical (unpaired) electrons. The third-order valence-electron chi connectivity index (χ3n) is 7.80. The molecule has 0 saturated carbocycles. The number of sulfonamides is 1. The predicted molar refractivity (Wildman–Crippen MR) is 174 cm³/mol. The molecule has 11 nitrogen and oxygen atoms in total. The molecule has 3 aromatic carbocycles. The standard InChI is InChI=1S/C33H30F2N6O5S/c1-20-11-12-22-23(13-14-26(35)29(22)41(47(2,44)45)28-10-4-3-9-25(28)34)30(20)46-31-24(8-5-16-36-31)27-15-17-37-32(39-27)38-21-7-6-18-40(19-21)33(42)43/h3-5,8-17,21H,6-7,18-19H2,1-2H3,(H,42,43)(H,37,38,39). The van der Waals surface area contributed by atoms with Crippen molar-refractivity contribution in [3.05, 3.63) is 96.3 Å². The maximum absolute atomic E-state index is 15.6. The summed E-state index contributed by atoms with van der Waals surface area (Å²) in [4.78, 5) is 26.2. The van der Waals surface area contributed by atoms with Crippen LogP contribution < -0.4 is 14.4 Å². The van der Waals surface area contributed by atoms with Crippen molar-refractivity contribution in [2.75, 3.05) is 29.0 Å². The Balaban J connectivity index is 1.39. The molecule has 0 spiro atoms. The molecule has 5 aromatic rings. The minimum atomic E-state index is -4.21. The van der Waals surface area contributed by atoms with Gasteiger partial charge in [0.05, 0.1) is 23.2 Å². The van der Waals surface area contributed by atoms with Crippen molar-refractivity contribution in [1.82, 2.24) is 19.9 Å². The van der Waals surface area contributed by atoms with Crippen molar-refractivity contribution < 1.29 is 31.8 Å². The average molecular weight is 661 g/mol. The van der Waals surface area contributed by atoms with Crippen molar-refractivity contribution >= 4 is 44.2 Å². The van der Waals surface area contributed by atoms with E-state index in [1.54, 1.807) is 43.5 Å². The first kappa shape index (κ1) is 31.6. The van der Waals surface area contributed by atoms with Crippen LogP contribution >= 0.6 is 0 Å². The molecule has 14 heteroatoms. The number of rotatable bonds is 8. The summed E-state index contributed by atoms with van der Waals surface area (Å²) in [6, 6.07) is 16.0. The third-order valence-corrected chi connectivity index (χ3v) is 8.85. The Hall–Kier alpha value is -5.37. The van der Waals surface area contributed by atoms with E-state index in [2.05, 4.69) is 20.3 Å². The second-order valence-corrected chi connectivity index (χ2v) is 12.9. The van der Waals surface area contributed by atoms with Crippen LogP contribution in [-0.2, 0) is 10.0 Å². The molecule has 0 bridgehead atoms. The van der Waals surface area contributed by atoms with Crippen molar-refractivity contribution in [3.8, 4) is 22.9 Å². The molecule has 1 saturated heterocycles. The SMILES string of the molecule is Cc1ccc2c(N(c3ccccc3F)S(C)(=O)=O)c(F)ccc2c1Oc1ncccc1-c1ccnc(NC2CCCN(C(=O)O)C2)n1. The fourth-order valence-electron chi connectivity index (χ4n) is 5.66. The highest BCUT2D eigenvalue weighted by Gasteiger charge is 2.29. The van der Waals surface area contributed by atoms with Gasteiger partial charge in [0.25, 0.3) is 0 Å². The van der Waals surface area contributed by atoms with Gasteiger partial charge in [0.1, 0.15) is 23.1 Å². The number of aromatic nitrogens is 3. The van der Waals surface area contributed by atoms with Gasteiger partial charge in [0.15, 0.2) is 0 Å². The number of ether oxygens (including phenoxy) is 1. The number of carbonyl (C=O) groups is 1. The molecule has 1 fully saturated rings. The van der Waals surface area contributed by atoms with Gasteiger partial charge < -0.3 is 20.1 Å². The Morgan fingerprint density at radius 1 is 1.00 bits per heavy atom. The van der Waals surface area contributed by atoms with Crippen LogP contribution in [0.25, 0.3) is 22.0 Å². The molecule has 242 valence electrons. The van der Waals surface area contributed by atoms with Crippen LogP contribution in [0.1, 0.15) is 18.4 Å². The highest BCUT2D eigenvalue weighted by Crippen LogP contribution is 2.43. The molecule has 1 amide bonds. The number of pyridine rings is 1. The minimum Gasteiger partial charge on any atom is -0.465 e. The number of likely N-dealkylation sites (tertiary alicyclic amines) is 1. The molecule has 2 aromatic heterocycles. The summed E-state index contributed by atoms with van der Waals surface area (Å²) in [5, 5.41) is 13.2. The maximum Gasteiger partial charge on any atom is 0.407 e. The lowest BCUT2D eigenvalue weighted by Crippen LogP contribution is -2.44. The van der Waals surface area contributed by atoms with E-state index >= 15 is 4.39 Å². The van der Waals surface area contributed by atoms with Crippen LogP contribution in [0.15, 0.2) is 79.1 Å². The summed E-state index contributed by atoms with van der Waals surface area (Å²) in [6.07, 6.45) is 4.48. The number of aryl methyl sites for hydroxylation is 1. The first-order valence-electron chi connectivity index (χ1n) is 14.7. The third kappa shape index (κ3) is 6.49. The molecular formula is C33H30F2N6O5S. The van der Waals surface area contributed by atoms with Gasteiger partial charge in [-0.05, 0) is 67.8 Å². The molecule has 2 N–H and O–H groups in total. The number of piperidine rings is 1. The monoisotopic (exact) mass is 660 g/mol. The van der Waals surface area contributed by atoms with Crippen LogP contribution in [0.5, 0.6) is 11.6 Å². The molecule has 0 aliphatic carbocycles. The zero-order valence-corrected chi connectivity index (χ0v) is 26.2. The van der Waals surface area contributed by atoms with Gasteiger partial charge in [-0.2, -0.15) is 0 Å². The molecule has 1 unspecified atom stereocenters. The van der Waals surface area contributed by atoms with E-state index in [1.165, 1.54) is 35.4 Å². The summed E-state index contributed by atoms with van der Waals surface area (Å²) < 4.78 is 63.6. The van der Waals surface area contributed by atoms with E-state index in [0.29, 0.717) is 52.0 Å². The zero-order chi connectivity index (χ0) is 33.3. The smallest absolute Gasteiger partial charge is 0.407 e. The van der Waals surface area contributed by atoms with Crippen molar-refractivity contribution in [1.29, 1.82) is 0 Å². The first-order chi connectivity index (χ1) is 22.5. The van der Waals surface area contributed by atoms with Gasteiger partial charge in [-0.1, -0.05) is 24.3 Å². The van der Waals surface area contributed by atoms with Gasteiger partial charge in [-0.15, -0.1) is 0 Å². The molecule has 1 atom stereocenters. The van der Waals surface area contributed by atoms with Gasteiger partial charge in [-0.25, -0.2) is 41.3 Å². The van der Waals surface area contributed by atoms with E-state index in [-0.39, 0.29) is 34.4 Å². The number of hydrogen-bond acceptors (Lipinski definition) is 8. The highest BCUT2D eigenvalue weighted by atomic mass is 32.2. The summed E-state index contributed by atoms with van der Waals surface area (Å²) >= 11 is 0. The number of fused-ring (bicyclic) bond motifs is 1. The maximum atomic E-state index is 15.6. The van der Waals surface area contributed by atoms with Gasteiger partial charge in [-0.3, -0.25) is 0 Å². The summed E-state index contributed by atoms with van der Waals surface area (Å²) in [5.41, 5.74) is 0.958. The fraction of sp³-hybridized carbons (Fsp3) is 0.212. The number of anilines is 3. The summed E-state index contributed by atoms with van der Waals surface area (Å²) in [6.45, 7) is 2.56. The average Bonchev–Trinajstić information content (AvgIpc) is 3.04. The van der Waals surface area contributed by atoms with Gasteiger partial charge in [0, 0.05) is 42.3 Å². The quantitative estimate of drug-likeness (QED) is 0.186. The topological polar surface area (TPSA) is 138 Å². The van der Waals surface area contributed by atoms with Crippen LogP contribution in [0.3, 0.4) is 0 Å². The molecule has 47 heavy (non-hydrogen) atoms. The number of nitrogens with zero attached hydrogens (tertiary/aromatic N) is 5. The normalized spacial score (nSPS) is 15.0. The fourth-order valence-corrected chi connectivity index (χ4v) is 6.68. The number of amides is 1. The predicted octanol–water partition coefficient (Wildman–Crippen LogP) is 6.72. The van der Waals surface area contributed by atoms with Gasteiger partial charge >= 0.3 is 6.09 Å². The van der Waals surface area contributed by atoms with Crippen molar-refractivity contribution in [3.63, 3.8) is 0 Å². The minimum absolute atomic E-state index is 0.163. The Morgan fingerprint density at radius 2 is 1.79 bits per heavy atom. The van der Waals surface area contributed by atoms with E-state index in [4.69, 9.17) is 4.74 Å².